The second kappa shape index (κ2) is 7.53. The molecule has 1 aromatic heterocycles. The molecule has 0 bridgehead atoms. The summed E-state index contributed by atoms with van der Waals surface area (Å²) in [5.74, 6) is 0.756. The van der Waals surface area contributed by atoms with Gasteiger partial charge in [0.2, 0.25) is 0 Å². The number of H-pyrrole nitrogens is 1. The maximum Gasteiger partial charge on any atom is 0.407 e. The number of hydrogen-bond acceptors (Lipinski definition) is 2. The maximum atomic E-state index is 12.0. The second-order valence-corrected chi connectivity index (χ2v) is 6.72. The number of aromatic nitrogens is 1. The fourth-order valence-corrected chi connectivity index (χ4v) is 3.64. The van der Waals surface area contributed by atoms with E-state index in [4.69, 9.17) is 4.74 Å². The van der Waals surface area contributed by atoms with Crippen LogP contribution in [0.15, 0.2) is 30.5 Å². The van der Waals surface area contributed by atoms with Crippen LogP contribution in [0.3, 0.4) is 0 Å². The van der Waals surface area contributed by atoms with Crippen molar-refractivity contribution in [2.75, 3.05) is 0 Å². The Morgan fingerprint density at radius 1 is 1.30 bits per heavy atom. The van der Waals surface area contributed by atoms with E-state index in [0.717, 1.165) is 28.8 Å². The topological polar surface area (TPSA) is 54.1 Å². The summed E-state index contributed by atoms with van der Waals surface area (Å²) in [6, 6.07) is 8.20. The first-order valence-electron chi connectivity index (χ1n) is 8.70. The average molecular weight is 314 g/mol. The van der Waals surface area contributed by atoms with Gasteiger partial charge in [-0.25, -0.2) is 4.79 Å². The van der Waals surface area contributed by atoms with E-state index in [1.165, 1.54) is 32.1 Å². The first kappa shape index (κ1) is 15.9. The Bertz CT molecular complexity index is 644. The Labute approximate surface area is 137 Å². The van der Waals surface area contributed by atoms with Gasteiger partial charge in [-0.15, -0.1) is 0 Å². The first-order chi connectivity index (χ1) is 11.2. The van der Waals surface area contributed by atoms with Gasteiger partial charge < -0.3 is 15.0 Å². The van der Waals surface area contributed by atoms with Gasteiger partial charge in [0.15, 0.2) is 0 Å². The van der Waals surface area contributed by atoms with Crippen molar-refractivity contribution < 1.29 is 9.53 Å². The van der Waals surface area contributed by atoms with E-state index in [1.807, 2.05) is 30.5 Å². The van der Waals surface area contributed by atoms with Crippen LogP contribution in [-0.4, -0.2) is 17.1 Å². The van der Waals surface area contributed by atoms with E-state index in [1.54, 1.807) is 0 Å². The average Bonchev–Trinajstić information content (AvgIpc) is 3.03. The van der Waals surface area contributed by atoms with E-state index < -0.39 is 0 Å². The fourth-order valence-electron chi connectivity index (χ4n) is 3.64. The van der Waals surface area contributed by atoms with E-state index in [-0.39, 0.29) is 12.1 Å². The molecule has 0 saturated heterocycles. The predicted molar refractivity (Wildman–Crippen MR) is 92.3 cm³/mol. The molecule has 3 rings (SSSR count). The highest BCUT2D eigenvalue weighted by molar-refractivity contribution is 5.82. The molecule has 2 aromatic rings. The van der Waals surface area contributed by atoms with Crippen LogP contribution in [0.2, 0.25) is 0 Å². The highest BCUT2D eigenvalue weighted by atomic mass is 16.5. The maximum absolute atomic E-state index is 12.0. The molecule has 1 aliphatic carbocycles. The van der Waals surface area contributed by atoms with Crippen LogP contribution >= 0.6 is 0 Å². The minimum atomic E-state index is -0.322. The van der Waals surface area contributed by atoms with Gasteiger partial charge in [0.05, 0.1) is 5.52 Å². The van der Waals surface area contributed by atoms with E-state index in [9.17, 15) is 4.79 Å². The Balaban J connectivity index is 1.46. The molecule has 0 radical (unpaired) electrons. The SMILES string of the molecule is CC(CC1CCCCC1)NC(=O)OCc1cccc2cc[nH]c12. The van der Waals surface area contributed by atoms with Crippen LogP contribution in [0, 0.1) is 5.92 Å². The van der Waals surface area contributed by atoms with Gasteiger partial charge in [0.1, 0.15) is 6.61 Å². The van der Waals surface area contributed by atoms with Crippen molar-refractivity contribution >= 4 is 17.0 Å². The third-order valence-electron chi connectivity index (χ3n) is 4.81. The summed E-state index contributed by atoms with van der Waals surface area (Å²) in [5, 5.41) is 4.10. The summed E-state index contributed by atoms with van der Waals surface area (Å²) >= 11 is 0. The van der Waals surface area contributed by atoms with Crippen molar-refractivity contribution in [3.63, 3.8) is 0 Å². The van der Waals surface area contributed by atoms with Crippen molar-refractivity contribution in [3.8, 4) is 0 Å². The van der Waals surface area contributed by atoms with Crippen molar-refractivity contribution in [1.29, 1.82) is 0 Å². The zero-order valence-electron chi connectivity index (χ0n) is 13.8. The summed E-state index contributed by atoms with van der Waals surface area (Å²) < 4.78 is 5.40. The third-order valence-corrected chi connectivity index (χ3v) is 4.81. The highest BCUT2D eigenvalue weighted by Crippen LogP contribution is 2.27. The van der Waals surface area contributed by atoms with Gasteiger partial charge in [0.25, 0.3) is 0 Å². The lowest BCUT2D eigenvalue weighted by Gasteiger charge is -2.24. The zero-order valence-corrected chi connectivity index (χ0v) is 13.8. The lowest BCUT2D eigenvalue weighted by atomic mass is 9.85. The third kappa shape index (κ3) is 4.27. The molecular formula is C19H26N2O2. The monoisotopic (exact) mass is 314 g/mol. The molecule has 0 aliphatic heterocycles. The molecule has 1 aromatic carbocycles. The molecule has 1 atom stereocenters. The molecule has 4 nitrogen and oxygen atoms in total. The molecule has 2 N–H and O–H groups in total. The predicted octanol–water partition coefficient (Wildman–Crippen LogP) is 4.75. The minimum Gasteiger partial charge on any atom is -0.445 e. The molecule has 1 heterocycles. The Morgan fingerprint density at radius 2 is 2.13 bits per heavy atom. The number of fused-ring (bicyclic) bond motifs is 1. The summed E-state index contributed by atoms with van der Waals surface area (Å²) in [7, 11) is 0. The largest absolute Gasteiger partial charge is 0.445 e. The van der Waals surface area contributed by atoms with Crippen LogP contribution in [0.25, 0.3) is 10.9 Å². The van der Waals surface area contributed by atoms with Crippen LogP contribution in [0.1, 0.15) is 51.0 Å². The number of rotatable bonds is 5. The van der Waals surface area contributed by atoms with E-state index in [0.29, 0.717) is 6.61 Å². The van der Waals surface area contributed by atoms with Gasteiger partial charge in [0, 0.05) is 17.8 Å². The number of aromatic amines is 1. The fraction of sp³-hybridized carbons (Fsp3) is 0.526. The summed E-state index contributed by atoms with van der Waals surface area (Å²) in [6.07, 6.45) is 9.28. The number of amides is 1. The smallest absolute Gasteiger partial charge is 0.407 e. The zero-order chi connectivity index (χ0) is 16.1. The molecule has 1 unspecified atom stereocenters. The molecule has 1 fully saturated rings. The second-order valence-electron chi connectivity index (χ2n) is 6.72. The highest BCUT2D eigenvalue weighted by Gasteiger charge is 2.18. The van der Waals surface area contributed by atoms with Crippen LogP contribution in [-0.2, 0) is 11.3 Å². The Morgan fingerprint density at radius 3 is 2.96 bits per heavy atom. The van der Waals surface area contributed by atoms with Crippen molar-refractivity contribution in [2.24, 2.45) is 5.92 Å². The lowest BCUT2D eigenvalue weighted by molar-refractivity contribution is 0.134. The summed E-state index contributed by atoms with van der Waals surface area (Å²) in [5.41, 5.74) is 2.04. The summed E-state index contributed by atoms with van der Waals surface area (Å²) in [4.78, 5) is 15.2. The quantitative estimate of drug-likeness (QED) is 0.836. The standard InChI is InChI=1S/C19H26N2O2/c1-14(12-15-6-3-2-4-7-15)21-19(22)23-13-17-9-5-8-16-10-11-20-18(16)17/h5,8-11,14-15,20H,2-4,6-7,12-13H2,1H3,(H,21,22). The molecule has 0 spiro atoms. The normalized spacial score (nSPS) is 17.1. The number of para-hydroxylation sites is 1. The van der Waals surface area contributed by atoms with E-state index >= 15 is 0 Å². The number of alkyl carbamates (subject to hydrolysis) is 1. The minimum absolute atomic E-state index is 0.173. The van der Waals surface area contributed by atoms with Gasteiger partial charge >= 0.3 is 6.09 Å². The number of benzene rings is 1. The lowest BCUT2D eigenvalue weighted by Crippen LogP contribution is -2.34. The Kier molecular flexibility index (Phi) is 5.21. The number of nitrogens with one attached hydrogen (secondary N) is 2. The van der Waals surface area contributed by atoms with Gasteiger partial charge in [-0.05, 0) is 30.7 Å². The number of ether oxygens (including phenoxy) is 1. The molecule has 4 heteroatoms. The number of carbonyl (C=O) groups excluding carboxylic acids is 1. The van der Waals surface area contributed by atoms with Crippen molar-refractivity contribution in [1.82, 2.24) is 10.3 Å². The molecule has 1 saturated carbocycles. The van der Waals surface area contributed by atoms with Crippen LogP contribution < -0.4 is 5.32 Å². The molecule has 1 aliphatic rings. The van der Waals surface area contributed by atoms with Crippen LogP contribution in [0.4, 0.5) is 4.79 Å². The molecule has 23 heavy (non-hydrogen) atoms. The van der Waals surface area contributed by atoms with Gasteiger partial charge in [-0.1, -0.05) is 50.3 Å². The first-order valence-corrected chi connectivity index (χ1v) is 8.70. The number of carbonyl (C=O) groups is 1. The molecular weight excluding hydrogens is 288 g/mol. The van der Waals surface area contributed by atoms with E-state index in [2.05, 4.69) is 17.2 Å². The van der Waals surface area contributed by atoms with Gasteiger partial charge in [-0.2, -0.15) is 0 Å². The molecule has 124 valence electrons. The van der Waals surface area contributed by atoms with Crippen LogP contribution in [0.5, 0.6) is 0 Å². The Hall–Kier alpha value is -1.97. The number of hydrogen-bond donors (Lipinski definition) is 2. The van der Waals surface area contributed by atoms with Gasteiger partial charge in [-0.3, -0.25) is 0 Å². The summed E-state index contributed by atoms with van der Waals surface area (Å²) in [6.45, 7) is 2.36. The molecule has 1 amide bonds. The van der Waals surface area contributed by atoms with Crippen molar-refractivity contribution in [3.05, 3.63) is 36.0 Å². The van der Waals surface area contributed by atoms with Crippen molar-refractivity contribution in [2.45, 2.75) is 58.1 Å².